The van der Waals surface area contributed by atoms with E-state index >= 15 is 0 Å². The smallest absolute Gasteiger partial charge is 0.250 e. The Bertz CT molecular complexity index is 1140. The standard InChI is InChI=1S/C21H18N6O2S/c1-15-4-6-17(7-5-15)27-20(16-8-10-22-11-9-16)25-26-21(27)30-14-19(28)24-23-13-18-3-2-12-29-18/h2-13H,14H2,1H3,(H,24,28). The van der Waals surface area contributed by atoms with E-state index in [0.29, 0.717) is 16.7 Å². The van der Waals surface area contributed by atoms with E-state index in [0.717, 1.165) is 16.8 Å². The summed E-state index contributed by atoms with van der Waals surface area (Å²) in [6.45, 7) is 2.03. The van der Waals surface area contributed by atoms with Crippen LogP contribution in [-0.4, -0.2) is 37.6 Å². The van der Waals surface area contributed by atoms with Gasteiger partial charge in [0.15, 0.2) is 11.0 Å². The first-order valence-corrected chi connectivity index (χ1v) is 10.1. The fourth-order valence-electron chi connectivity index (χ4n) is 2.67. The number of thioether (sulfide) groups is 1. The van der Waals surface area contributed by atoms with Crippen molar-refractivity contribution in [2.24, 2.45) is 5.10 Å². The summed E-state index contributed by atoms with van der Waals surface area (Å²) in [5.74, 6) is 1.12. The number of furan rings is 1. The van der Waals surface area contributed by atoms with E-state index < -0.39 is 0 Å². The maximum Gasteiger partial charge on any atom is 0.250 e. The normalized spacial score (nSPS) is 11.1. The Balaban J connectivity index is 1.53. The first kappa shape index (κ1) is 19.6. The zero-order valence-corrected chi connectivity index (χ0v) is 16.9. The number of aromatic nitrogens is 4. The molecular weight excluding hydrogens is 400 g/mol. The number of carbonyl (C=O) groups is 1. The maximum atomic E-state index is 12.2. The maximum absolute atomic E-state index is 12.2. The van der Waals surface area contributed by atoms with Crippen LogP contribution in [0.5, 0.6) is 0 Å². The molecule has 0 spiro atoms. The summed E-state index contributed by atoms with van der Waals surface area (Å²) in [6, 6.07) is 15.3. The van der Waals surface area contributed by atoms with Gasteiger partial charge in [0.1, 0.15) is 5.76 Å². The van der Waals surface area contributed by atoms with Gasteiger partial charge in [-0.25, -0.2) is 5.43 Å². The van der Waals surface area contributed by atoms with Gasteiger partial charge in [-0.3, -0.25) is 14.3 Å². The SMILES string of the molecule is Cc1ccc(-n2c(SCC(=O)NN=Cc3ccco3)nnc2-c2ccncc2)cc1. The number of aryl methyl sites for hydroxylation is 1. The zero-order valence-electron chi connectivity index (χ0n) is 16.1. The van der Waals surface area contributed by atoms with Crippen LogP contribution in [0, 0.1) is 6.92 Å². The van der Waals surface area contributed by atoms with Gasteiger partial charge in [0, 0.05) is 23.6 Å². The van der Waals surface area contributed by atoms with Crippen molar-refractivity contribution in [3.8, 4) is 17.1 Å². The molecule has 0 saturated carbocycles. The van der Waals surface area contributed by atoms with E-state index in [1.807, 2.05) is 47.9 Å². The van der Waals surface area contributed by atoms with Crippen LogP contribution in [0.15, 0.2) is 81.9 Å². The average Bonchev–Trinajstić information content (AvgIpc) is 3.43. The van der Waals surface area contributed by atoms with Gasteiger partial charge >= 0.3 is 0 Å². The van der Waals surface area contributed by atoms with E-state index in [1.54, 1.807) is 24.5 Å². The minimum absolute atomic E-state index is 0.135. The van der Waals surface area contributed by atoms with Crippen molar-refractivity contribution < 1.29 is 9.21 Å². The summed E-state index contributed by atoms with van der Waals surface area (Å²) < 4.78 is 7.06. The van der Waals surface area contributed by atoms with Gasteiger partial charge in [-0.1, -0.05) is 29.5 Å². The summed E-state index contributed by atoms with van der Waals surface area (Å²) in [6.07, 6.45) is 6.40. The number of benzene rings is 1. The van der Waals surface area contributed by atoms with Crippen LogP contribution in [0.4, 0.5) is 0 Å². The highest BCUT2D eigenvalue weighted by Gasteiger charge is 2.17. The Kier molecular flexibility index (Phi) is 6.00. The predicted molar refractivity (Wildman–Crippen MR) is 114 cm³/mol. The molecule has 9 heteroatoms. The lowest BCUT2D eigenvalue weighted by Crippen LogP contribution is -2.19. The van der Waals surface area contributed by atoms with E-state index in [-0.39, 0.29) is 11.7 Å². The second kappa shape index (κ2) is 9.19. The Morgan fingerprint density at radius 3 is 2.70 bits per heavy atom. The van der Waals surface area contributed by atoms with Crippen molar-refractivity contribution in [2.45, 2.75) is 12.1 Å². The number of nitrogens with one attached hydrogen (secondary N) is 1. The monoisotopic (exact) mass is 418 g/mol. The highest BCUT2D eigenvalue weighted by Crippen LogP contribution is 2.27. The second-order valence-corrected chi connectivity index (χ2v) is 7.25. The van der Waals surface area contributed by atoms with Crippen LogP contribution >= 0.6 is 11.8 Å². The van der Waals surface area contributed by atoms with Crippen LogP contribution in [0.1, 0.15) is 11.3 Å². The average molecular weight is 418 g/mol. The molecule has 150 valence electrons. The molecule has 30 heavy (non-hydrogen) atoms. The molecule has 8 nitrogen and oxygen atoms in total. The van der Waals surface area contributed by atoms with Gasteiger partial charge in [0.25, 0.3) is 5.91 Å². The Morgan fingerprint density at radius 2 is 1.97 bits per heavy atom. The number of rotatable bonds is 7. The highest BCUT2D eigenvalue weighted by atomic mass is 32.2. The fraction of sp³-hybridized carbons (Fsp3) is 0.0952. The number of pyridine rings is 1. The van der Waals surface area contributed by atoms with Crippen molar-refractivity contribution in [3.05, 3.63) is 78.5 Å². The third-order valence-electron chi connectivity index (χ3n) is 4.12. The van der Waals surface area contributed by atoms with Crippen LogP contribution < -0.4 is 5.43 Å². The van der Waals surface area contributed by atoms with Crippen LogP contribution in [0.25, 0.3) is 17.1 Å². The van der Waals surface area contributed by atoms with Crippen LogP contribution in [0.3, 0.4) is 0 Å². The van der Waals surface area contributed by atoms with Crippen molar-refractivity contribution >= 4 is 23.9 Å². The molecule has 0 aliphatic heterocycles. The molecule has 0 bridgehead atoms. The van der Waals surface area contributed by atoms with Crippen molar-refractivity contribution in [2.75, 3.05) is 5.75 Å². The molecule has 0 aliphatic carbocycles. The summed E-state index contributed by atoms with van der Waals surface area (Å²) in [5.41, 5.74) is 5.43. The summed E-state index contributed by atoms with van der Waals surface area (Å²) in [4.78, 5) is 16.2. The molecule has 1 aromatic carbocycles. The van der Waals surface area contributed by atoms with Crippen LogP contribution in [0.2, 0.25) is 0 Å². The summed E-state index contributed by atoms with van der Waals surface area (Å²) in [5, 5.41) is 13.2. The van der Waals surface area contributed by atoms with Gasteiger partial charge in [0.2, 0.25) is 0 Å². The molecule has 1 amide bonds. The molecule has 4 aromatic rings. The number of hydrogen-bond acceptors (Lipinski definition) is 7. The van der Waals surface area contributed by atoms with Gasteiger partial charge in [-0.15, -0.1) is 10.2 Å². The van der Waals surface area contributed by atoms with Gasteiger partial charge in [0.05, 0.1) is 18.2 Å². The fourth-order valence-corrected chi connectivity index (χ4v) is 3.42. The molecule has 3 heterocycles. The molecule has 1 N–H and O–H groups in total. The minimum atomic E-state index is -0.258. The molecular formula is C21H18N6O2S. The molecule has 4 rings (SSSR count). The number of hydrazone groups is 1. The van der Waals surface area contributed by atoms with Gasteiger partial charge in [-0.2, -0.15) is 5.10 Å². The number of nitrogens with zero attached hydrogens (tertiary/aromatic N) is 5. The minimum Gasteiger partial charge on any atom is -0.463 e. The lowest BCUT2D eigenvalue weighted by atomic mass is 10.2. The lowest BCUT2D eigenvalue weighted by Gasteiger charge is -2.10. The summed E-state index contributed by atoms with van der Waals surface area (Å²) >= 11 is 1.28. The molecule has 3 aromatic heterocycles. The van der Waals surface area contributed by atoms with Gasteiger partial charge < -0.3 is 4.42 Å². The molecule has 0 atom stereocenters. The van der Waals surface area contributed by atoms with Crippen molar-refractivity contribution in [1.82, 2.24) is 25.2 Å². The van der Waals surface area contributed by atoms with E-state index in [1.165, 1.54) is 24.2 Å². The molecule has 0 saturated heterocycles. The lowest BCUT2D eigenvalue weighted by molar-refractivity contribution is -0.118. The first-order valence-electron chi connectivity index (χ1n) is 9.12. The van der Waals surface area contributed by atoms with Gasteiger partial charge in [-0.05, 0) is 43.3 Å². The van der Waals surface area contributed by atoms with Crippen molar-refractivity contribution in [1.29, 1.82) is 0 Å². The first-order chi connectivity index (χ1) is 14.7. The topological polar surface area (TPSA) is 98.2 Å². The second-order valence-electron chi connectivity index (χ2n) is 6.31. The molecule has 0 fully saturated rings. The largest absolute Gasteiger partial charge is 0.463 e. The van der Waals surface area contributed by atoms with E-state index in [2.05, 4.69) is 25.7 Å². The number of amides is 1. The number of carbonyl (C=O) groups excluding carboxylic acids is 1. The Hall–Kier alpha value is -3.72. The number of hydrogen-bond donors (Lipinski definition) is 1. The zero-order chi connectivity index (χ0) is 20.8. The predicted octanol–water partition coefficient (Wildman–Crippen LogP) is 3.47. The van der Waals surface area contributed by atoms with Crippen LogP contribution in [-0.2, 0) is 4.79 Å². The Morgan fingerprint density at radius 1 is 1.17 bits per heavy atom. The molecule has 0 unspecified atom stereocenters. The highest BCUT2D eigenvalue weighted by molar-refractivity contribution is 7.99. The molecule has 0 radical (unpaired) electrons. The van der Waals surface area contributed by atoms with Crippen molar-refractivity contribution in [3.63, 3.8) is 0 Å². The quantitative estimate of drug-likeness (QED) is 0.280. The molecule has 0 aliphatic rings. The third kappa shape index (κ3) is 4.64. The Labute approximate surface area is 177 Å². The summed E-state index contributed by atoms with van der Waals surface area (Å²) in [7, 11) is 0. The third-order valence-corrected chi connectivity index (χ3v) is 5.05. The van der Waals surface area contributed by atoms with E-state index in [9.17, 15) is 4.79 Å². The van der Waals surface area contributed by atoms with E-state index in [4.69, 9.17) is 4.42 Å².